The van der Waals surface area contributed by atoms with E-state index < -0.39 is 15.6 Å². The van der Waals surface area contributed by atoms with Gasteiger partial charge in [-0.1, -0.05) is 6.07 Å². The van der Waals surface area contributed by atoms with E-state index in [1.54, 1.807) is 30.5 Å². The molecule has 0 amide bonds. The number of nitrogens with one attached hydrogen (secondary N) is 1. The topological polar surface area (TPSA) is 59.1 Å². The van der Waals surface area contributed by atoms with Crippen LogP contribution in [-0.4, -0.2) is 18.9 Å². The number of sulfonamides is 1. The summed E-state index contributed by atoms with van der Waals surface area (Å²) < 4.78 is 27.5. The lowest BCUT2D eigenvalue weighted by atomic mass is 10.1. The van der Waals surface area contributed by atoms with Gasteiger partial charge in [-0.2, -0.15) is 0 Å². The highest BCUT2D eigenvalue weighted by molar-refractivity contribution is 7.89. The lowest BCUT2D eigenvalue weighted by molar-refractivity contribution is 0.492. The minimum Gasteiger partial charge on any atom is -0.256 e. The molecule has 0 aliphatic carbocycles. The first-order valence-corrected chi connectivity index (χ1v) is 7.57. The standard InChI is InChI=1S/C14H18N2O2S/c1-10-7-8-12(11-6-5-9-15-13(10)11)19(17,18)16-14(2,3)4/h5-9,16H,1-4H3. The molecule has 0 radical (unpaired) electrons. The number of pyridine rings is 1. The Bertz CT molecular complexity index is 716. The molecule has 1 N–H and O–H groups in total. The van der Waals surface area contributed by atoms with E-state index in [2.05, 4.69) is 9.71 Å². The fourth-order valence-electron chi connectivity index (χ4n) is 1.98. The molecule has 0 spiro atoms. The largest absolute Gasteiger partial charge is 0.256 e. The fraction of sp³-hybridized carbons (Fsp3) is 0.357. The number of hydrogen-bond donors (Lipinski definition) is 1. The molecule has 1 aromatic heterocycles. The van der Waals surface area contributed by atoms with Crippen LogP contribution in [0.25, 0.3) is 10.9 Å². The van der Waals surface area contributed by atoms with Crippen LogP contribution in [0.4, 0.5) is 0 Å². The van der Waals surface area contributed by atoms with E-state index in [0.29, 0.717) is 5.39 Å². The van der Waals surface area contributed by atoms with Gasteiger partial charge in [-0.05, 0) is 51.5 Å². The summed E-state index contributed by atoms with van der Waals surface area (Å²) in [6, 6.07) is 6.95. The van der Waals surface area contributed by atoms with Gasteiger partial charge in [0.2, 0.25) is 10.0 Å². The summed E-state index contributed by atoms with van der Waals surface area (Å²) in [6.45, 7) is 7.38. The van der Waals surface area contributed by atoms with Crippen LogP contribution < -0.4 is 4.72 Å². The number of aryl methyl sites for hydroxylation is 1. The molecular weight excluding hydrogens is 260 g/mol. The summed E-state index contributed by atoms with van der Waals surface area (Å²) >= 11 is 0. The van der Waals surface area contributed by atoms with Crippen molar-refractivity contribution in [1.29, 1.82) is 0 Å². The lowest BCUT2D eigenvalue weighted by Crippen LogP contribution is -2.40. The number of aromatic nitrogens is 1. The second-order valence-electron chi connectivity index (χ2n) is 5.64. The van der Waals surface area contributed by atoms with Crippen LogP contribution in [-0.2, 0) is 10.0 Å². The van der Waals surface area contributed by atoms with Crippen molar-refractivity contribution in [2.24, 2.45) is 0 Å². The molecule has 0 aliphatic rings. The second-order valence-corrected chi connectivity index (χ2v) is 7.29. The van der Waals surface area contributed by atoms with Crippen LogP contribution in [0.1, 0.15) is 26.3 Å². The Morgan fingerprint density at radius 2 is 1.84 bits per heavy atom. The average Bonchev–Trinajstić information content (AvgIpc) is 2.26. The molecule has 1 heterocycles. The van der Waals surface area contributed by atoms with Crippen molar-refractivity contribution >= 4 is 20.9 Å². The van der Waals surface area contributed by atoms with E-state index >= 15 is 0 Å². The van der Waals surface area contributed by atoms with Crippen LogP contribution in [0.3, 0.4) is 0 Å². The summed E-state index contributed by atoms with van der Waals surface area (Å²) in [5.41, 5.74) is 1.17. The molecule has 0 unspecified atom stereocenters. The molecular formula is C14H18N2O2S. The van der Waals surface area contributed by atoms with Gasteiger partial charge in [-0.15, -0.1) is 0 Å². The third kappa shape index (κ3) is 2.93. The summed E-state index contributed by atoms with van der Waals surface area (Å²) in [4.78, 5) is 4.53. The summed E-state index contributed by atoms with van der Waals surface area (Å²) in [5, 5.41) is 0.652. The minimum absolute atomic E-state index is 0.274. The van der Waals surface area contributed by atoms with E-state index in [-0.39, 0.29) is 4.90 Å². The molecule has 1 aromatic carbocycles. The molecule has 0 saturated carbocycles. The minimum atomic E-state index is -3.55. The van der Waals surface area contributed by atoms with Crippen LogP contribution in [0, 0.1) is 6.92 Å². The Balaban J connectivity index is 2.67. The molecule has 102 valence electrons. The van der Waals surface area contributed by atoms with Crippen molar-refractivity contribution in [3.05, 3.63) is 36.0 Å². The highest BCUT2D eigenvalue weighted by atomic mass is 32.2. The van der Waals surface area contributed by atoms with Crippen molar-refractivity contribution < 1.29 is 8.42 Å². The Morgan fingerprint density at radius 3 is 2.47 bits per heavy atom. The fourth-order valence-corrected chi connectivity index (χ4v) is 3.60. The maximum atomic E-state index is 12.4. The first-order chi connectivity index (χ1) is 8.71. The smallest absolute Gasteiger partial charge is 0.241 e. The predicted molar refractivity (Wildman–Crippen MR) is 76.6 cm³/mol. The van der Waals surface area contributed by atoms with E-state index in [9.17, 15) is 8.42 Å². The van der Waals surface area contributed by atoms with Gasteiger partial charge in [0.25, 0.3) is 0 Å². The van der Waals surface area contributed by atoms with Gasteiger partial charge in [0, 0.05) is 17.1 Å². The maximum absolute atomic E-state index is 12.4. The van der Waals surface area contributed by atoms with Gasteiger partial charge < -0.3 is 0 Å². The van der Waals surface area contributed by atoms with E-state index in [0.717, 1.165) is 11.1 Å². The summed E-state index contributed by atoms with van der Waals surface area (Å²) in [6.07, 6.45) is 1.67. The SMILES string of the molecule is Cc1ccc(S(=O)(=O)NC(C)(C)C)c2cccnc12. The van der Waals surface area contributed by atoms with Gasteiger partial charge in [0.05, 0.1) is 10.4 Å². The summed E-state index contributed by atoms with van der Waals surface area (Å²) in [7, 11) is -3.55. The van der Waals surface area contributed by atoms with Gasteiger partial charge in [-0.3, -0.25) is 4.98 Å². The zero-order valence-corrected chi connectivity index (χ0v) is 12.4. The van der Waals surface area contributed by atoms with Crippen molar-refractivity contribution in [3.63, 3.8) is 0 Å². The van der Waals surface area contributed by atoms with E-state index in [1.807, 2.05) is 27.7 Å². The Kier molecular flexibility index (Phi) is 3.36. The molecule has 0 aliphatic heterocycles. The quantitative estimate of drug-likeness (QED) is 0.918. The number of fused-ring (bicyclic) bond motifs is 1. The molecule has 0 atom stereocenters. The highest BCUT2D eigenvalue weighted by Gasteiger charge is 2.24. The van der Waals surface area contributed by atoms with Crippen molar-refractivity contribution in [1.82, 2.24) is 9.71 Å². The zero-order chi connectivity index (χ0) is 14.3. The van der Waals surface area contributed by atoms with Crippen molar-refractivity contribution in [2.75, 3.05) is 0 Å². The van der Waals surface area contributed by atoms with Gasteiger partial charge in [-0.25, -0.2) is 13.1 Å². The van der Waals surface area contributed by atoms with E-state index in [4.69, 9.17) is 0 Å². The molecule has 5 heteroatoms. The Morgan fingerprint density at radius 1 is 1.16 bits per heavy atom. The third-order valence-electron chi connectivity index (χ3n) is 2.66. The monoisotopic (exact) mass is 278 g/mol. The number of rotatable bonds is 2. The molecule has 2 aromatic rings. The van der Waals surface area contributed by atoms with Crippen LogP contribution in [0.15, 0.2) is 35.4 Å². The first kappa shape index (κ1) is 14.0. The van der Waals surface area contributed by atoms with Gasteiger partial charge >= 0.3 is 0 Å². The maximum Gasteiger partial charge on any atom is 0.241 e. The van der Waals surface area contributed by atoms with Crippen molar-refractivity contribution in [2.45, 2.75) is 38.1 Å². The lowest BCUT2D eigenvalue weighted by Gasteiger charge is -2.21. The number of benzene rings is 1. The average molecular weight is 278 g/mol. The zero-order valence-electron chi connectivity index (χ0n) is 11.6. The van der Waals surface area contributed by atoms with Crippen molar-refractivity contribution in [3.8, 4) is 0 Å². The Hall–Kier alpha value is -1.46. The van der Waals surface area contributed by atoms with Crippen LogP contribution >= 0.6 is 0 Å². The molecule has 0 saturated heterocycles. The summed E-state index contributed by atoms with van der Waals surface area (Å²) in [5.74, 6) is 0. The Labute approximate surface area is 113 Å². The van der Waals surface area contributed by atoms with Crippen LogP contribution in [0.5, 0.6) is 0 Å². The predicted octanol–water partition coefficient (Wildman–Crippen LogP) is 2.62. The first-order valence-electron chi connectivity index (χ1n) is 6.09. The highest BCUT2D eigenvalue weighted by Crippen LogP contribution is 2.24. The molecule has 0 fully saturated rings. The number of hydrogen-bond acceptors (Lipinski definition) is 3. The molecule has 4 nitrogen and oxygen atoms in total. The molecule has 0 bridgehead atoms. The third-order valence-corrected chi connectivity index (χ3v) is 4.48. The van der Waals surface area contributed by atoms with Crippen LogP contribution in [0.2, 0.25) is 0 Å². The van der Waals surface area contributed by atoms with Gasteiger partial charge in [0.15, 0.2) is 0 Å². The number of nitrogens with zero attached hydrogens (tertiary/aromatic N) is 1. The molecule has 2 rings (SSSR count). The van der Waals surface area contributed by atoms with E-state index in [1.165, 1.54) is 0 Å². The second kappa shape index (κ2) is 4.58. The molecule has 19 heavy (non-hydrogen) atoms. The normalized spacial score (nSPS) is 12.8. The van der Waals surface area contributed by atoms with Gasteiger partial charge in [0.1, 0.15) is 0 Å².